The van der Waals surface area contributed by atoms with E-state index in [0.29, 0.717) is 72.3 Å². The lowest BCUT2D eigenvalue weighted by molar-refractivity contribution is 0.108. The minimum Gasteiger partial charge on any atom is -0.355 e. The van der Waals surface area contributed by atoms with Crippen molar-refractivity contribution in [3.05, 3.63) is 237 Å². The SMILES string of the molecule is CCc1c([C@H]2CCC[C@@H](c3ncccc3C)N2C)nc2cccc(N3CCN(C)CC3)n12.Cc1cccnc1[C@@H]1CCC[C@H](c2cn3c(N4C5CCC4CN(C)C5)cccc3n2)N1C.Cc1cccnc1[C@@H]1CCC[C@H](c2nc3cccc(N4CCN(C)CC4)n3c2C2CC2)N1C.Cc1cccnc1[C@@H]1CCC[C@H](c2nc3cccc(N4CCN(C)CC4)n3c2CC(C)C)N1C. The third kappa shape index (κ3) is 18.4. The standard InChI is InChI=1S/C28H40N6.C27H36N6.C26H34N6.C26H36N6/c1-20(2)19-24-28(23-11-6-10-22(32(23)5)27-21(3)9-8-14-29-27)30-25-12-7-13-26(34(24)25)33-17-15-31(4)16-18-33;1-19-7-6-14-28-25(19)21-8-4-9-22(31(21)3)26-27(20-12-13-20)33-23(29-26)10-5-11-24(33)32-17-15-30(2)16-18-32;1-18-7-6-14-27-26(18)23-9-4-8-22(30(23)3)21-17-31-24(28-21)10-5-11-25(31)32-19-12-13-20(32)16-29(2)15-19;1-5-20-26(22-11-6-10-21(30(22)4)25-19(2)9-8-14-27-25)28-23-12-7-13-24(32(20)23)31-17-15-29(3)16-18-31/h7-9,12-14,20,22-23H,6,10-11,15-19H2,1-5H3;5-7,10-11,14,20-22H,4,8-9,12-13,15-18H2,1-3H3;5-7,10-11,14,17,19-20,22-23H,4,8-9,12-13,15-16H2,1-3H3;7-9,12-14,21-22H,5-6,10-11,15-18H2,1-4H3/t22-,23+;21-,22+;19?,20?,22-,23+;21-,22+/m0010/s1. The molecule has 12 aromatic rings. The Bertz CT molecular complexity index is 5880. The van der Waals surface area contributed by atoms with Gasteiger partial charge in [0.25, 0.3) is 0 Å². The predicted octanol–water partition coefficient (Wildman–Crippen LogP) is 17.9. The Kier molecular flexibility index (Phi) is 27.2. The second kappa shape index (κ2) is 39.4. The average molecular weight is 1770 g/mol. The van der Waals surface area contributed by atoms with E-state index in [1.54, 1.807) is 0 Å². The number of hydrogen-bond acceptors (Lipinski definition) is 20. The van der Waals surface area contributed by atoms with Crippen molar-refractivity contribution in [1.82, 2.24) is 96.7 Å². The summed E-state index contributed by atoms with van der Waals surface area (Å²) in [6.07, 6.45) is 31.4. The molecule has 22 rings (SSSR count). The number of piperazine rings is 4. The fourth-order valence-corrected chi connectivity index (χ4v) is 24.2. The number of hydrogen-bond donors (Lipinski definition) is 0. The van der Waals surface area contributed by atoms with E-state index in [9.17, 15) is 0 Å². The van der Waals surface area contributed by atoms with Crippen LogP contribution in [0.4, 0.5) is 23.3 Å². The van der Waals surface area contributed by atoms with Gasteiger partial charge in [-0.3, -0.25) is 57.1 Å². The molecule has 9 saturated heterocycles. The van der Waals surface area contributed by atoms with Crippen molar-refractivity contribution in [1.29, 1.82) is 0 Å². The summed E-state index contributed by atoms with van der Waals surface area (Å²) in [5.74, 6) is 6.46. The van der Waals surface area contributed by atoms with E-state index in [2.05, 4.69) is 285 Å². The highest BCUT2D eigenvalue weighted by Crippen LogP contribution is 2.51. The predicted molar refractivity (Wildman–Crippen MR) is 531 cm³/mol. The maximum Gasteiger partial charge on any atom is 0.138 e. The summed E-state index contributed by atoms with van der Waals surface area (Å²) < 4.78 is 9.78. The molecule has 21 heterocycles. The summed E-state index contributed by atoms with van der Waals surface area (Å²) in [6, 6.07) is 47.5. The number of fused-ring (bicyclic) bond motifs is 6. The minimum atomic E-state index is 0.314. The first kappa shape index (κ1) is 90.4. The molecule has 12 aromatic heterocycles. The Morgan fingerprint density at radius 2 is 0.656 bits per heavy atom. The number of imidazole rings is 4. The number of pyridine rings is 8. The molecule has 24 nitrogen and oxygen atoms in total. The lowest BCUT2D eigenvalue weighted by atomic mass is 9.89. The fourth-order valence-electron chi connectivity index (χ4n) is 24.2. The smallest absolute Gasteiger partial charge is 0.138 e. The normalized spacial score (nSPS) is 25.0. The molecule has 0 radical (unpaired) electrons. The maximum absolute atomic E-state index is 5.33. The first-order valence-corrected chi connectivity index (χ1v) is 50.0. The number of aromatic nitrogens is 12. The zero-order chi connectivity index (χ0) is 90.4. The van der Waals surface area contributed by atoms with Crippen LogP contribution in [0.5, 0.6) is 0 Å². The monoisotopic (exact) mass is 1770 g/mol. The number of anilines is 4. The van der Waals surface area contributed by atoms with Crippen LogP contribution in [-0.2, 0) is 12.8 Å². The zero-order valence-corrected chi connectivity index (χ0v) is 81.2. The summed E-state index contributed by atoms with van der Waals surface area (Å²) in [6.45, 7) is 31.1. The third-order valence-corrected chi connectivity index (χ3v) is 31.5. The molecule has 0 amide bonds. The highest BCUT2D eigenvalue weighted by Gasteiger charge is 2.44. The second-order valence-corrected chi connectivity index (χ2v) is 40.7. The van der Waals surface area contributed by atoms with Crippen molar-refractivity contribution in [3.8, 4) is 0 Å². The van der Waals surface area contributed by atoms with Gasteiger partial charge < -0.3 is 39.2 Å². The van der Waals surface area contributed by atoms with Crippen molar-refractivity contribution >= 4 is 45.9 Å². The summed E-state index contributed by atoms with van der Waals surface area (Å²) in [5.41, 5.74) is 23.7. The van der Waals surface area contributed by atoms with Crippen molar-refractivity contribution in [2.75, 3.05) is 168 Å². The van der Waals surface area contributed by atoms with E-state index in [1.807, 2.05) is 49.1 Å². The van der Waals surface area contributed by atoms with Gasteiger partial charge in [-0.05, 0) is 301 Å². The number of nitrogens with zero attached hydrogens (tertiary/aromatic N) is 24. The highest BCUT2D eigenvalue weighted by molar-refractivity contribution is 5.61. The van der Waals surface area contributed by atoms with E-state index in [4.69, 9.17) is 39.9 Å². The second-order valence-electron chi connectivity index (χ2n) is 40.7. The van der Waals surface area contributed by atoms with Crippen molar-refractivity contribution < 1.29 is 0 Å². The highest BCUT2D eigenvalue weighted by atomic mass is 15.4. The Morgan fingerprint density at radius 3 is 1.05 bits per heavy atom. The van der Waals surface area contributed by atoms with E-state index >= 15 is 0 Å². The van der Waals surface area contributed by atoms with Crippen LogP contribution in [0.1, 0.15) is 263 Å². The molecular formula is C107H146N24. The van der Waals surface area contributed by atoms with Crippen LogP contribution in [0.3, 0.4) is 0 Å². The number of aryl methyl sites for hydroxylation is 5. The molecule has 2 bridgehead atoms. The third-order valence-electron chi connectivity index (χ3n) is 31.5. The molecule has 2 unspecified atom stereocenters. The maximum atomic E-state index is 5.33. The Morgan fingerprint density at radius 1 is 0.321 bits per heavy atom. The molecule has 1 aliphatic carbocycles. The first-order valence-electron chi connectivity index (χ1n) is 50.0. The molecule has 24 heteroatoms. The molecular weight excluding hydrogens is 1620 g/mol. The van der Waals surface area contributed by atoms with E-state index in [0.717, 1.165) is 166 Å². The number of likely N-dealkylation sites (N-methyl/N-ethyl adjacent to an activating group) is 4. The Balaban J connectivity index is 0.000000113. The molecule has 0 aromatic carbocycles. The van der Waals surface area contributed by atoms with Crippen LogP contribution in [-0.4, -0.2) is 257 Å². The van der Waals surface area contributed by atoms with Crippen molar-refractivity contribution in [2.45, 2.75) is 230 Å². The van der Waals surface area contributed by atoms with Gasteiger partial charge in [-0.1, -0.05) is 69.3 Å². The van der Waals surface area contributed by atoms with Crippen LogP contribution in [0.2, 0.25) is 0 Å². The summed E-state index contributed by atoms with van der Waals surface area (Å²) in [5, 5.41) is 0. The largest absolute Gasteiger partial charge is 0.355 e. The van der Waals surface area contributed by atoms with Crippen molar-refractivity contribution in [2.24, 2.45) is 5.92 Å². The molecule has 0 N–H and O–H groups in total. The lowest BCUT2D eigenvalue weighted by Crippen LogP contribution is -2.53. The van der Waals surface area contributed by atoms with Gasteiger partial charge in [-0.2, -0.15) is 0 Å². The van der Waals surface area contributed by atoms with E-state index < -0.39 is 0 Å². The van der Waals surface area contributed by atoms with Crippen LogP contribution in [0.25, 0.3) is 22.6 Å². The summed E-state index contributed by atoms with van der Waals surface area (Å²) >= 11 is 0. The van der Waals surface area contributed by atoms with Gasteiger partial charge in [0, 0.05) is 152 Å². The topological polar surface area (TPSA) is 160 Å². The van der Waals surface area contributed by atoms with Gasteiger partial charge in [-0.25, -0.2) is 19.9 Å². The zero-order valence-electron chi connectivity index (χ0n) is 81.2. The number of likely N-dealkylation sites (tertiary alicyclic amines) is 5. The van der Waals surface area contributed by atoms with Crippen LogP contribution < -0.4 is 19.6 Å². The fraction of sp³-hybridized carbons (Fsp3) is 0.551. The van der Waals surface area contributed by atoms with Crippen LogP contribution in [0.15, 0.2) is 152 Å². The molecule has 10 atom stereocenters. The summed E-state index contributed by atoms with van der Waals surface area (Å²) in [4.78, 5) is 70.4. The number of rotatable bonds is 16. The van der Waals surface area contributed by atoms with Crippen LogP contribution >= 0.6 is 0 Å². The molecule has 694 valence electrons. The molecule has 10 aliphatic rings. The van der Waals surface area contributed by atoms with Gasteiger partial charge in [0.15, 0.2) is 0 Å². The van der Waals surface area contributed by atoms with Gasteiger partial charge in [0.05, 0.1) is 99.6 Å². The van der Waals surface area contributed by atoms with Gasteiger partial charge in [-0.15, -0.1) is 0 Å². The number of piperidine rings is 4. The van der Waals surface area contributed by atoms with Gasteiger partial charge in [0.2, 0.25) is 0 Å². The quantitative estimate of drug-likeness (QED) is 0.0898. The Labute approximate surface area is 779 Å². The van der Waals surface area contributed by atoms with Crippen molar-refractivity contribution in [3.63, 3.8) is 0 Å². The average Bonchev–Trinajstić information content (AvgIpc) is 1.58. The van der Waals surface area contributed by atoms with E-state index in [1.165, 1.54) is 172 Å². The van der Waals surface area contributed by atoms with Gasteiger partial charge >= 0.3 is 0 Å². The molecule has 9 aliphatic heterocycles. The molecule has 131 heavy (non-hydrogen) atoms. The lowest BCUT2D eigenvalue weighted by Gasteiger charge is -2.41. The van der Waals surface area contributed by atoms with Crippen LogP contribution in [0, 0.1) is 33.6 Å². The first-order chi connectivity index (χ1) is 63.7. The summed E-state index contributed by atoms with van der Waals surface area (Å²) in [7, 11) is 18.0. The molecule has 1 saturated carbocycles. The molecule has 10 fully saturated rings. The van der Waals surface area contributed by atoms with Gasteiger partial charge in [0.1, 0.15) is 45.9 Å². The molecule has 0 spiro atoms. The van der Waals surface area contributed by atoms with E-state index in [-0.39, 0.29) is 0 Å². The Hall–Kier alpha value is -9.76. The minimum absolute atomic E-state index is 0.314.